The van der Waals surface area contributed by atoms with E-state index in [1.165, 1.54) is 12.1 Å². The third-order valence-corrected chi connectivity index (χ3v) is 3.90. The lowest BCUT2D eigenvalue weighted by atomic mass is 10.1. The fourth-order valence-corrected chi connectivity index (χ4v) is 2.76. The van der Waals surface area contributed by atoms with Crippen LogP contribution in [0.3, 0.4) is 0 Å². The van der Waals surface area contributed by atoms with Crippen molar-refractivity contribution in [3.63, 3.8) is 0 Å². The van der Waals surface area contributed by atoms with Crippen LogP contribution in [0.4, 0.5) is 5.69 Å². The fraction of sp³-hybridized carbons (Fsp3) is 0.385. The monoisotopic (exact) mass is 315 g/mol. The molecule has 0 atom stereocenters. The average molecular weight is 315 g/mol. The summed E-state index contributed by atoms with van der Waals surface area (Å²) in [7, 11) is -3.84. The Morgan fingerprint density at radius 3 is 2.57 bits per heavy atom. The van der Waals surface area contributed by atoms with Crippen LogP contribution in [-0.2, 0) is 19.6 Å². The van der Waals surface area contributed by atoms with E-state index in [0.717, 1.165) is 0 Å². The molecule has 0 saturated carbocycles. The number of rotatable bonds is 7. The molecule has 0 radical (unpaired) electrons. The zero-order valence-corrected chi connectivity index (χ0v) is 12.6. The SMILES string of the molecule is CCOC(=O)CCS(=O)(=O)Nc1c(C)cccc1C(=O)O. The van der Waals surface area contributed by atoms with Crippen LogP contribution in [0.25, 0.3) is 0 Å². The first-order chi connectivity index (χ1) is 9.76. The number of carboxylic acid groups (broad SMARTS) is 1. The number of benzene rings is 1. The van der Waals surface area contributed by atoms with E-state index in [1.54, 1.807) is 19.9 Å². The van der Waals surface area contributed by atoms with Crippen molar-refractivity contribution < 1.29 is 27.9 Å². The highest BCUT2D eigenvalue weighted by Gasteiger charge is 2.19. The third kappa shape index (κ3) is 5.07. The number of carbonyl (C=O) groups is 2. The van der Waals surface area contributed by atoms with Gasteiger partial charge in [-0.2, -0.15) is 0 Å². The number of carboxylic acids is 1. The molecule has 2 N–H and O–H groups in total. The molecule has 1 rings (SSSR count). The van der Waals surface area contributed by atoms with Crippen LogP contribution in [-0.4, -0.2) is 37.8 Å². The molecule has 1 aromatic carbocycles. The molecule has 116 valence electrons. The molecular formula is C13H17NO6S. The predicted molar refractivity (Wildman–Crippen MR) is 76.8 cm³/mol. The van der Waals surface area contributed by atoms with Crippen molar-refractivity contribution in [2.75, 3.05) is 17.1 Å². The van der Waals surface area contributed by atoms with E-state index in [4.69, 9.17) is 5.11 Å². The zero-order valence-electron chi connectivity index (χ0n) is 11.8. The van der Waals surface area contributed by atoms with Crippen LogP contribution in [0.2, 0.25) is 0 Å². The zero-order chi connectivity index (χ0) is 16.0. The van der Waals surface area contributed by atoms with Crippen LogP contribution in [0.1, 0.15) is 29.3 Å². The number of aryl methyl sites for hydroxylation is 1. The van der Waals surface area contributed by atoms with Crippen molar-refractivity contribution in [3.05, 3.63) is 29.3 Å². The van der Waals surface area contributed by atoms with E-state index in [-0.39, 0.29) is 24.3 Å². The van der Waals surface area contributed by atoms with Crippen molar-refractivity contribution in [1.29, 1.82) is 0 Å². The number of anilines is 1. The van der Waals surface area contributed by atoms with Crippen molar-refractivity contribution in [2.45, 2.75) is 20.3 Å². The number of esters is 1. The molecule has 0 aromatic heterocycles. The molecule has 0 unspecified atom stereocenters. The Bertz CT molecular complexity index is 638. The van der Waals surface area contributed by atoms with E-state index in [1.807, 2.05) is 0 Å². The molecule has 8 heteroatoms. The lowest BCUT2D eigenvalue weighted by molar-refractivity contribution is -0.142. The first-order valence-electron chi connectivity index (χ1n) is 6.26. The molecule has 0 heterocycles. The van der Waals surface area contributed by atoms with Crippen LogP contribution in [0.15, 0.2) is 18.2 Å². The Morgan fingerprint density at radius 2 is 2.00 bits per heavy atom. The molecule has 7 nitrogen and oxygen atoms in total. The standard InChI is InChI=1S/C13H17NO6S/c1-3-20-11(15)7-8-21(18,19)14-12-9(2)5-4-6-10(12)13(16)17/h4-6,14H,3,7-8H2,1-2H3,(H,16,17). The summed E-state index contributed by atoms with van der Waals surface area (Å²) >= 11 is 0. The molecule has 0 bridgehead atoms. The molecule has 0 aliphatic rings. The van der Waals surface area contributed by atoms with Crippen molar-refractivity contribution in [3.8, 4) is 0 Å². The smallest absolute Gasteiger partial charge is 0.337 e. The maximum atomic E-state index is 11.9. The van der Waals surface area contributed by atoms with Crippen LogP contribution in [0, 0.1) is 6.92 Å². The highest BCUT2D eigenvalue weighted by Crippen LogP contribution is 2.22. The summed E-state index contributed by atoms with van der Waals surface area (Å²) in [5.41, 5.74) is 0.346. The van der Waals surface area contributed by atoms with Gasteiger partial charge in [0.2, 0.25) is 10.0 Å². The summed E-state index contributed by atoms with van der Waals surface area (Å²) in [5.74, 6) is -2.33. The Morgan fingerprint density at radius 1 is 1.33 bits per heavy atom. The van der Waals surface area contributed by atoms with E-state index < -0.39 is 27.7 Å². The Balaban J connectivity index is 2.90. The summed E-state index contributed by atoms with van der Waals surface area (Å²) < 4.78 is 30.7. The maximum Gasteiger partial charge on any atom is 0.337 e. The summed E-state index contributed by atoms with van der Waals surface area (Å²) in [6.07, 6.45) is -0.294. The van der Waals surface area contributed by atoms with Gasteiger partial charge in [-0.1, -0.05) is 12.1 Å². The largest absolute Gasteiger partial charge is 0.478 e. The molecular weight excluding hydrogens is 298 g/mol. The first-order valence-corrected chi connectivity index (χ1v) is 7.91. The Hall–Kier alpha value is -2.09. The Kier molecular flexibility index (Phi) is 5.71. The number of carbonyl (C=O) groups excluding carboxylic acids is 1. The van der Waals surface area contributed by atoms with Gasteiger partial charge in [0.1, 0.15) is 0 Å². The molecule has 0 aliphatic heterocycles. The summed E-state index contributed by atoms with van der Waals surface area (Å²) in [4.78, 5) is 22.3. The van der Waals surface area contributed by atoms with Gasteiger partial charge in [-0.25, -0.2) is 13.2 Å². The van der Waals surface area contributed by atoms with Gasteiger partial charge < -0.3 is 9.84 Å². The lowest BCUT2D eigenvalue weighted by Gasteiger charge is -2.12. The highest BCUT2D eigenvalue weighted by atomic mass is 32.2. The van der Waals surface area contributed by atoms with Gasteiger partial charge in [0.05, 0.1) is 30.0 Å². The summed E-state index contributed by atoms with van der Waals surface area (Å²) in [6.45, 7) is 3.39. The van der Waals surface area contributed by atoms with Gasteiger partial charge in [0.25, 0.3) is 0 Å². The summed E-state index contributed by atoms with van der Waals surface area (Å²) in [6, 6.07) is 4.42. The second-order valence-corrected chi connectivity index (χ2v) is 6.12. The molecule has 0 amide bonds. The van der Waals surface area contributed by atoms with Crippen LogP contribution >= 0.6 is 0 Å². The van der Waals surface area contributed by atoms with Gasteiger partial charge in [-0.15, -0.1) is 0 Å². The van der Waals surface area contributed by atoms with Gasteiger partial charge in [-0.3, -0.25) is 9.52 Å². The molecule has 0 aliphatic carbocycles. The number of sulfonamides is 1. The number of para-hydroxylation sites is 1. The predicted octanol–water partition coefficient (Wildman–Crippen LogP) is 1.39. The quantitative estimate of drug-likeness (QED) is 0.736. The minimum Gasteiger partial charge on any atom is -0.478 e. The van der Waals surface area contributed by atoms with Crippen molar-refractivity contribution in [2.24, 2.45) is 0 Å². The molecule has 0 saturated heterocycles. The lowest BCUT2D eigenvalue weighted by Crippen LogP contribution is -2.21. The van der Waals surface area contributed by atoms with Crippen LogP contribution in [0.5, 0.6) is 0 Å². The van der Waals surface area contributed by atoms with Gasteiger partial charge in [0, 0.05) is 0 Å². The van der Waals surface area contributed by atoms with E-state index in [9.17, 15) is 18.0 Å². The number of hydrogen-bond donors (Lipinski definition) is 2. The number of hydrogen-bond acceptors (Lipinski definition) is 5. The topological polar surface area (TPSA) is 110 Å². The maximum absolute atomic E-state index is 11.9. The summed E-state index contributed by atoms with van der Waals surface area (Å²) in [5, 5.41) is 9.07. The van der Waals surface area contributed by atoms with Crippen LogP contribution < -0.4 is 4.72 Å². The van der Waals surface area contributed by atoms with E-state index in [2.05, 4.69) is 9.46 Å². The molecule has 1 aromatic rings. The highest BCUT2D eigenvalue weighted by molar-refractivity contribution is 7.92. The van der Waals surface area contributed by atoms with Gasteiger partial charge >= 0.3 is 11.9 Å². The van der Waals surface area contributed by atoms with Gasteiger partial charge in [0.15, 0.2) is 0 Å². The number of aromatic carboxylic acids is 1. The average Bonchev–Trinajstić information content (AvgIpc) is 2.39. The second-order valence-electron chi connectivity index (χ2n) is 4.28. The number of ether oxygens (including phenoxy) is 1. The molecule has 21 heavy (non-hydrogen) atoms. The second kappa shape index (κ2) is 7.07. The fourth-order valence-electron chi connectivity index (χ4n) is 1.64. The molecule has 0 fully saturated rings. The number of nitrogens with one attached hydrogen (secondary N) is 1. The van der Waals surface area contributed by atoms with Crippen molar-refractivity contribution in [1.82, 2.24) is 0 Å². The normalized spacial score (nSPS) is 11.0. The van der Waals surface area contributed by atoms with Gasteiger partial charge in [-0.05, 0) is 25.5 Å². The first kappa shape index (κ1) is 17.0. The van der Waals surface area contributed by atoms with E-state index in [0.29, 0.717) is 5.56 Å². The van der Waals surface area contributed by atoms with Crippen molar-refractivity contribution >= 4 is 27.6 Å². The minimum absolute atomic E-state index is 0.00820. The Labute approximate surface area is 123 Å². The minimum atomic E-state index is -3.84. The molecule has 0 spiro atoms. The van der Waals surface area contributed by atoms with E-state index >= 15 is 0 Å². The third-order valence-electron chi connectivity index (χ3n) is 2.64.